The molecule has 0 bridgehead atoms. The van der Waals surface area contributed by atoms with Crippen LogP contribution in [0.2, 0.25) is 0 Å². The highest BCUT2D eigenvalue weighted by Gasteiger charge is 2.24. The van der Waals surface area contributed by atoms with Crippen LogP contribution in [0.4, 0.5) is 0 Å². The van der Waals surface area contributed by atoms with Crippen molar-refractivity contribution in [1.82, 2.24) is 19.7 Å². The Labute approximate surface area is 124 Å². The van der Waals surface area contributed by atoms with Crippen molar-refractivity contribution < 1.29 is 0 Å². The second-order valence-corrected chi connectivity index (χ2v) is 5.88. The van der Waals surface area contributed by atoms with E-state index in [0.717, 1.165) is 31.8 Å². The third kappa shape index (κ3) is 3.24. The Morgan fingerprint density at radius 1 is 1.33 bits per heavy atom. The van der Waals surface area contributed by atoms with E-state index in [1.807, 2.05) is 22.8 Å². The predicted octanol–water partition coefficient (Wildman–Crippen LogP) is 1.62. The van der Waals surface area contributed by atoms with Crippen LogP contribution in [0.3, 0.4) is 0 Å². The average Bonchev–Trinajstić information content (AvgIpc) is 2.87. The summed E-state index contributed by atoms with van der Waals surface area (Å²) >= 11 is 0. The van der Waals surface area contributed by atoms with E-state index >= 15 is 0 Å². The summed E-state index contributed by atoms with van der Waals surface area (Å²) < 4.78 is 1.82. The fourth-order valence-corrected chi connectivity index (χ4v) is 3.12. The first-order valence-electron chi connectivity index (χ1n) is 7.61. The molecule has 1 atom stereocenters. The molecule has 1 aromatic carbocycles. The normalized spacial score (nSPS) is 19.8. The van der Waals surface area contributed by atoms with Crippen molar-refractivity contribution in [3.63, 3.8) is 0 Å². The van der Waals surface area contributed by atoms with E-state index in [4.69, 9.17) is 0 Å². The van der Waals surface area contributed by atoms with Gasteiger partial charge in [-0.05, 0) is 38.4 Å². The fourth-order valence-electron chi connectivity index (χ4n) is 3.12. The minimum atomic E-state index is -0.0887. The summed E-state index contributed by atoms with van der Waals surface area (Å²) in [6.07, 6.45) is 3.14. The van der Waals surface area contributed by atoms with Crippen LogP contribution in [0.25, 0.3) is 0 Å². The Bertz CT molecular complexity index is 631. The molecule has 0 amide bonds. The van der Waals surface area contributed by atoms with Crippen molar-refractivity contribution in [3.05, 3.63) is 52.2 Å². The van der Waals surface area contributed by atoms with Crippen molar-refractivity contribution in [1.29, 1.82) is 0 Å². The molecule has 112 valence electrons. The van der Waals surface area contributed by atoms with Crippen molar-refractivity contribution in [2.75, 3.05) is 20.1 Å². The topological polar surface area (TPSA) is 53.9 Å². The number of rotatable bonds is 4. The quantitative estimate of drug-likeness (QED) is 0.929. The Hall–Kier alpha value is -1.88. The van der Waals surface area contributed by atoms with Crippen LogP contribution < -0.4 is 5.69 Å². The largest absolute Gasteiger partial charge is 0.343 e. The number of likely N-dealkylation sites (tertiary alicyclic amines) is 1. The molecular formula is C16H22N4O. The standard InChI is InChI=1S/C16H22N4O/c1-19-10-5-8-14(12-19)15-17-18-16(21)20(15)11-9-13-6-3-2-4-7-13/h2-4,6-7,14H,5,8-12H2,1H3,(H,18,21). The van der Waals surface area contributed by atoms with Gasteiger partial charge < -0.3 is 4.90 Å². The van der Waals surface area contributed by atoms with Crippen LogP contribution in [-0.2, 0) is 13.0 Å². The highest BCUT2D eigenvalue weighted by Crippen LogP contribution is 2.23. The van der Waals surface area contributed by atoms with Crippen LogP contribution in [0.15, 0.2) is 35.1 Å². The molecule has 3 rings (SSSR count). The molecule has 2 aromatic rings. The van der Waals surface area contributed by atoms with Gasteiger partial charge in [0.25, 0.3) is 0 Å². The maximum Gasteiger partial charge on any atom is 0.343 e. The zero-order valence-electron chi connectivity index (χ0n) is 12.5. The molecule has 1 aliphatic rings. The van der Waals surface area contributed by atoms with E-state index in [1.54, 1.807) is 0 Å². The molecule has 1 unspecified atom stereocenters. The van der Waals surface area contributed by atoms with Crippen LogP contribution in [0.5, 0.6) is 0 Å². The van der Waals surface area contributed by atoms with Crippen LogP contribution >= 0.6 is 0 Å². The number of nitrogens with one attached hydrogen (secondary N) is 1. The zero-order chi connectivity index (χ0) is 14.7. The van der Waals surface area contributed by atoms with Gasteiger partial charge in [-0.3, -0.25) is 4.57 Å². The molecule has 0 spiro atoms. The number of H-pyrrole nitrogens is 1. The van der Waals surface area contributed by atoms with Gasteiger partial charge in [0, 0.05) is 19.0 Å². The molecular weight excluding hydrogens is 264 g/mol. The van der Waals surface area contributed by atoms with Gasteiger partial charge >= 0.3 is 5.69 Å². The molecule has 1 saturated heterocycles. The number of aromatic nitrogens is 3. The highest BCUT2D eigenvalue weighted by atomic mass is 16.1. The fraction of sp³-hybridized carbons (Fsp3) is 0.500. The number of aromatic amines is 1. The van der Waals surface area contributed by atoms with Crippen molar-refractivity contribution in [2.45, 2.75) is 31.7 Å². The smallest absolute Gasteiger partial charge is 0.306 e. The Balaban J connectivity index is 1.76. The summed E-state index contributed by atoms with van der Waals surface area (Å²) in [5.74, 6) is 1.28. The van der Waals surface area contributed by atoms with Gasteiger partial charge in [0.05, 0.1) is 0 Å². The molecule has 5 nitrogen and oxygen atoms in total. The lowest BCUT2D eigenvalue weighted by Crippen LogP contribution is -2.33. The predicted molar refractivity (Wildman–Crippen MR) is 82.5 cm³/mol. The maximum absolute atomic E-state index is 12.0. The number of benzene rings is 1. The first-order valence-corrected chi connectivity index (χ1v) is 7.61. The highest BCUT2D eigenvalue weighted by molar-refractivity contribution is 5.14. The molecule has 21 heavy (non-hydrogen) atoms. The molecule has 2 heterocycles. The monoisotopic (exact) mass is 286 g/mol. The number of hydrogen-bond acceptors (Lipinski definition) is 3. The van der Waals surface area contributed by atoms with E-state index in [0.29, 0.717) is 12.5 Å². The lowest BCUT2D eigenvalue weighted by Gasteiger charge is -2.29. The molecule has 0 saturated carbocycles. The number of hydrogen-bond donors (Lipinski definition) is 1. The minimum Gasteiger partial charge on any atom is -0.306 e. The number of aryl methyl sites for hydroxylation is 1. The lowest BCUT2D eigenvalue weighted by atomic mass is 9.97. The van der Waals surface area contributed by atoms with Crippen molar-refractivity contribution in [2.24, 2.45) is 0 Å². The van der Waals surface area contributed by atoms with E-state index in [1.165, 1.54) is 12.0 Å². The van der Waals surface area contributed by atoms with Gasteiger partial charge in [0.1, 0.15) is 5.82 Å². The number of likely N-dealkylation sites (N-methyl/N-ethyl adjacent to an activating group) is 1. The Kier molecular flexibility index (Phi) is 4.20. The Morgan fingerprint density at radius 2 is 2.14 bits per heavy atom. The molecule has 1 aromatic heterocycles. The number of nitrogens with zero attached hydrogens (tertiary/aromatic N) is 3. The third-order valence-electron chi connectivity index (χ3n) is 4.24. The van der Waals surface area contributed by atoms with E-state index in [9.17, 15) is 4.79 Å². The van der Waals surface area contributed by atoms with Gasteiger partial charge in [-0.25, -0.2) is 9.89 Å². The number of piperidine rings is 1. The SMILES string of the molecule is CN1CCCC(c2n[nH]c(=O)n2CCc2ccccc2)C1. The van der Waals surface area contributed by atoms with E-state index in [-0.39, 0.29) is 5.69 Å². The zero-order valence-corrected chi connectivity index (χ0v) is 12.5. The van der Waals surface area contributed by atoms with Crippen LogP contribution in [-0.4, -0.2) is 39.8 Å². The van der Waals surface area contributed by atoms with E-state index < -0.39 is 0 Å². The van der Waals surface area contributed by atoms with Crippen LogP contribution in [0.1, 0.15) is 30.1 Å². The van der Waals surface area contributed by atoms with Gasteiger partial charge in [-0.2, -0.15) is 5.10 Å². The summed E-state index contributed by atoms with van der Waals surface area (Å²) in [4.78, 5) is 14.3. The second-order valence-electron chi connectivity index (χ2n) is 5.88. The molecule has 5 heteroatoms. The van der Waals surface area contributed by atoms with Crippen molar-refractivity contribution in [3.8, 4) is 0 Å². The maximum atomic E-state index is 12.0. The summed E-state index contributed by atoms with van der Waals surface area (Å²) in [7, 11) is 2.13. The third-order valence-corrected chi connectivity index (χ3v) is 4.24. The molecule has 0 radical (unpaired) electrons. The molecule has 1 aliphatic heterocycles. The van der Waals surface area contributed by atoms with Crippen LogP contribution in [0, 0.1) is 0 Å². The molecule has 1 N–H and O–H groups in total. The van der Waals surface area contributed by atoms with Gasteiger partial charge in [-0.1, -0.05) is 30.3 Å². The summed E-state index contributed by atoms with van der Waals surface area (Å²) in [6.45, 7) is 2.81. The summed E-state index contributed by atoms with van der Waals surface area (Å²) in [5.41, 5.74) is 1.16. The molecule has 1 fully saturated rings. The Morgan fingerprint density at radius 3 is 2.90 bits per heavy atom. The van der Waals surface area contributed by atoms with Gasteiger partial charge in [0.2, 0.25) is 0 Å². The minimum absolute atomic E-state index is 0.0887. The van der Waals surface area contributed by atoms with E-state index in [2.05, 4.69) is 34.3 Å². The first kappa shape index (κ1) is 14.1. The lowest BCUT2D eigenvalue weighted by molar-refractivity contribution is 0.242. The van der Waals surface area contributed by atoms with Crippen molar-refractivity contribution >= 4 is 0 Å². The summed E-state index contributed by atoms with van der Waals surface area (Å²) in [5, 5.41) is 6.91. The summed E-state index contributed by atoms with van der Waals surface area (Å²) in [6, 6.07) is 10.3. The first-order chi connectivity index (χ1) is 10.2. The molecule has 0 aliphatic carbocycles. The van der Waals surface area contributed by atoms with Gasteiger partial charge in [0.15, 0.2) is 0 Å². The average molecular weight is 286 g/mol. The van der Waals surface area contributed by atoms with Gasteiger partial charge in [-0.15, -0.1) is 0 Å². The second kappa shape index (κ2) is 6.26.